The van der Waals surface area contributed by atoms with Crippen LogP contribution in [0, 0.1) is 15.9 Å². The van der Waals surface area contributed by atoms with Crippen LogP contribution in [0.4, 0.5) is 15.8 Å². The maximum atomic E-state index is 13.2. The number of ether oxygens (including phenoxy) is 1. The quantitative estimate of drug-likeness (QED) is 0.469. The number of nitrogens with one attached hydrogen (secondary N) is 1. The van der Waals surface area contributed by atoms with Crippen molar-refractivity contribution in [2.75, 3.05) is 11.9 Å². The van der Waals surface area contributed by atoms with Gasteiger partial charge in [0, 0.05) is 11.8 Å². The van der Waals surface area contributed by atoms with Gasteiger partial charge in [0.05, 0.1) is 8.71 Å². The maximum absolute atomic E-state index is 13.2. The van der Waals surface area contributed by atoms with Crippen molar-refractivity contribution in [3.63, 3.8) is 0 Å². The lowest BCUT2D eigenvalue weighted by Gasteiger charge is -2.06. The zero-order chi connectivity index (χ0) is 17.0. The predicted molar refractivity (Wildman–Crippen MR) is 84.0 cm³/mol. The largest absolute Gasteiger partial charge is 0.451 e. The summed E-state index contributed by atoms with van der Waals surface area (Å²) in [6.07, 6.45) is 0. The second-order valence-corrected chi connectivity index (χ2v) is 6.61. The molecular weight excluding hydrogens is 395 g/mol. The lowest BCUT2D eigenvalue weighted by atomic mass is 10.2. The van der Waals surface area contributed by atoms with Crippen molar-refractivity contribution in [2.45, 2.75) is 0 Å². The lowest BCUT2D eigenvalue weighted by Crippen LogP contribution is -2.20. The van der Waals surface area contributed by atoms with Crippen molar-refractivity contribution >= 4 is 50.5 Å². The normalized spacial score (nSPS) is 10.2. The molecule has 23 heavy (non-hydrogen) atoms. The fourth-order valence-electron chi connectivity index (χ4n) is 1.55. The summed E-state index contributed by atoms with van der Waals surface area (Å²) in [5, 5.41) is 12.9. The molecule has 0 aliphatic carbocycles. The third-order valence-electron chi connectivity index (χ3n) is 2.54. The summed E-state index contributed by atoms with van der Waals surface area (Å²) in [5.41, 5.74) is -0.735. The Morgan fingerprint density at radius 3 is 2.70 bits per heavy atom. The third-order valence-corrected chi connectivity index (χ3v) is 4.14. The maximum Gasteiger partial charge on any atom is 0.348 e. The van der Waals surface area contributed by atoms with Crippen LogP contribution in [-0.2, 0) is 9.53 Å². The lowest BCUT2D eigenvalue weighted by molar-refractivity contribution is -0.387. The van der Waals surface area contributed by atoms with E-state index >= 15 is 0 Å². The van der Waals surface area contributed by atoms with Gasteiger partial charge >= 0.3 is 11.7 Å². The van der Waals surface area contributed by atoms with Crippen molar-refractivity contribution in [1.29, 1.82) is 0 Å². The summed E-state index contributed by atoms with van der Waals surface area (Å²) < 4.78 is 18.7. The highest BCUT2D eigenvalue weighted by molar-refractivity contribution is 9.11. The second-order valence-electron chi connectivity index (χ2n) is 4.15. The number of rotatable bonds is 5. The number of benzene rings is 1. The molecule has 0 fully saturated rings. The van der Waals surface area contributed by atoms with Gasteiger partial charge in [-0.05, 0) is 40.2 Å². The monoisotopic (exact) mass is 402 g/mol. The van der Waals surface area contributed by atoms with Gasteiger partial charge in [-0.1, -0.05) is 0 Å². The minimum absolute atomic E-state index is 0.0259. The first-order valence-corrected chi connectivity index (χ1v) is 7.64. The Balaban J connectivity index is 1.93. The molecule has 0 aliphatic rings. The van der Waals surface area contributed by atoms with E-state index in [1.165, 1.54) is 6.07 Å². The topological polar surface area (TPSA) is 98.5 Å². The summed E-state index contributed by atoms with van der Waals surface area (Å²) in [6.45, 7) is -0.570. The molecule has 1 amide bonds. The van der Waals surface area contributed by atoms with E-state index in [9.17, 15) is 24.1 Å². The van der Waals surface area contributed by atoms with Crippen LogP contribution < -0.4 is 5.32 Å². The number of halogens is 2. The second kappa shape index (κ2) is 7.29. The molecule has 0 unspecified atom stereocenters. The highest BCUT2D eigenvalue weighted by Crippen LogP contribution is 2.23. The number of carbonyl (C=O) groups excluding carboxylic acids is 2. The van der Waals surface area contributed by atoms with Gasteiger partial charge in [0.25, 0.3) is 5.91 Å². The van der Waals surface area contributed by atoms with Crippen LogP contribution in [0.1, 0.15) is 9.67 Å². The van der Waals surface area contributed by atoms with Crippen LogP contribution >= 0.6 is 27.3 Å². The van der Waals surface area contributed by atoms with E-state index in [-0.39, 0.29) is 5.69 Å². The molecule has 0 bridgehead atoms. The number of nitro groups is 1. The van der Waals surface area contributed by atoms with E-state index in [1.54, 1.807) is 12.1 Å². The summed E-state index contributed by atoms with van der Waals surface area (Å²) in [5.74, 6) is -2.38. The number of anilines is 1. The third kappa shape index (κ3) is 4.57. The average Bonchev–Trinajstić information content (AvgIpc) is 2.93. The average molecular weight is 403 g/mol. The van der Waals surface area contributed by atoms with Gasteiger partial charge < -0.3 is 10.1 Å². The SMILES string of the molecule is O=C(COC(=O)c1ccc(Br)s1)Nc1ccc(F)c([N+](=O)[O-])c1. The fourth-order valence-corrected chi connectivity index (χ4v) is 2.83. The number of hydrogen-bond acceptors (Lipinski definition) is 6. The molecule has 10 heteroatoms. The van der Waals surface area contributed by atoms with Crippen LogP contribution in [0.5, 0.6) is 0 Å². The number of amides is 1. The van der Waals surface area contributed by atoms with E-state index in [4.69, 9.17) is 4.74 Å². The molecule has 1 aromatic carbocycles. The van der Waals surface area contributed by atoms with Crippen LogP contribution in [-0.4, -0.2) is 23.4 Å². The molecule has 0 saturated carbocycles. The standard InChI is InChI=1S/C13H8BrFN2O5S/c14-11-4-3-10(23-11)13(19)22-6-12(18)16-7-1-2-8(15)9(5-7)17(20)21/h1-5H,6H2,(H,16,18). The van der Waals surface area contributed by atoms with Gasteiger partial charge in [-0.15, -0.1) is 11.3 Å². The molecule has 0 atom stereocenters. The first-order chi connectivity index (χ1) is 10.9. The highest BCUT2D eigenvalue weighted by atomic mass is 79.9. The van der Waals surface area contributed by atoms with Crippen molar-refractivity contribution in [3.05, 3.63) is 54.9 Å². The van der Waals surface area contributed by atoms with Crippen molar-refractivity contribution in [2.24, 2.45) is 0 Å². The first kappa shape index (κ1) is 17.0. The van der Waals surface area contributed by atoms with Crippen molar-refractivity contribution in [3.8, 4) is 0 Å². The molecule has 7 nitrogen and oxygen atoms in total. The molecule has 1 aromatic heterocycles. The van der Waals surface area contributed by atoms with E-state index in [1.807, 2.05) is 0 Å². The number of thiophene rings is 1. The summed E-state index contributed by atoms with van der Waals surface area (Å²) in [6, 6.07) is 6.12. The van der Waals surface area contributed by atoms with Gasteiger partial charge in [0.1, 0.15) is 4.88 Å². The Morgan fingerprint density at radius 2 is 2.09 bits per heavy atom. The highest BCUT2D eigenvalue weighted by Gasteiger charge is 2.16. The van der Waals surface area contributed by atoms with Gasteiger partial charge in [-0.3, -0.25) is 14.9 Å². The molecular formula is C13H8BrFN2O5S. The Kier molecular flexibility index (Phi) is 5.40. The predicted octanol–water partition coefficient (Wildman–Crippen LogP) is 3.35. The van der Waals surface area contributed by atoms with Crippen molar-refractivity contribution in [1.82, 2.24) is 0 Å². The molecule has 0 aliphatic heterocycles. The Bertz CT molecular complexity index is 779. The number of esters is 1. The Labute approximate surface area is 141 Å². The number of nitro benzene ring substituents is 1. The number of carbonyl (C=O) groups is 2. The van der Waals surface area contributed by atoms with Crippen LogP contribution in [0.15, 0.2) is 34.1 Å². The van der Waals surface area contributed by atoms with Gasteiger partial charge in [0.15, 0.2) is 6.61 Å². The van der Waals surface area contributed by atoms with E-state index in [2.05, 4.69) is 21.2 Å². The van der Waals surface area contributed by atoms with Crippen LogP contribution in [0.25, 0.3) is 0 Å². The molecule has 2 aromatic rings. The van der Waals surface area contributed by atoms with Gasteiger partial charge in [-0.2, -0.15) is 4.39 Å². The first-order valence-electron chi connectivity index (χ1n) is 6.03. The molecule has 1 heterocycles. The number of nitrogens with zero attached hydrogens (tertiary/aromatic N) is 1. The van der Waals surface area contributed by atoms with Crippen molar-refractivity contribution < 1.29 is 23.6 Å². The smallest absolute Gasteiger partial charge is 0.348 e. The molecule has 120 valence electrons. The Morgan fingerprint density at radius 1 is 1.35 bits per heavy atom. The van der Waals surface area contributed by atoms with Crippen LogP contribution in [0.3, 0.4) is 0 Å². The van der Waals surface area contributed by atoms with Gasteiger partial charge in [-0.25, -0.2) is 4.79 Å². The summed E-state index contributed by atoms with van der Waals surface area (Å²) in [7, 11) is 0. The molecule has 0 radical (unpaired) electrons. The number of hydrogen-bond donors (Lipinski definition) is 1. The molecule has 0 saturated heterocycles. The summed E-state index contributed by atoms with van der Waals surface area (Å²) in [4.78, 5) is 33.3. The van der Waals surface area contributed by atoms with Gasteiger partial charge in [0.2, 0.25) is 5.82 Å². The minimum atomic E-state index is -1.01. The Hall–Kier alpha value is -2.33. The van der Waals surface area contributed by atoms with E-state index in [0.29, 0.717) is 4.88 Å². The molecule has 0 spiro atoms. The molecule has 2 rings (SSSR count). The zero-order valence-electron chi connectivity index (χ0n) is 11.2. The minimum Gasteiger partial charge on any atom is -0.451 e. The fraction of sp³-hybridized carbons (Fsp3) is 0.0769. The van der Waals surface area contributed by atoms with E-state index < -0.39 is 34.9 Å². The van der Waals surface area contributed by atoms with Crippen LogP contribution in [0.2, 0.25) is 0 Å². The summed E-state index contributed by atoms with van der Waals surface area (Å²) >= 11 is 4.35. The van der Waals surface area contributed by atoms with E-state index in [0.717, 1.165) is 27.3 Å². The molecule has 1 N–H and O–H groups in total. The zero-order valence-corrected chi connectivity index (χ0v) is 13.6.